The summed E-state index contributed by atoms with van der Waals surface area (Å²) in [7, 11) is 1.12. The minimum absolute atomic E-state index is 0.101. The fraction of sp³-hybridized carbons (Fsp3) is 0.207. The number of ether oxygens (including phenoxy) is 3. The van der Waals surface area contributed by atoms with E-state index in [0.29, 0.717) is 6.61 Å². The Balaban J connectivity index is 1.54. The maximum absolute atomic E-state index is 14.8. The molecular weight excluding hydrogens is 537 g/mol. The average Bonchev–Trinajstić information content (AvgIpc) is 3.43. The summed E-state index contributed by atoms with van der Waals surface area (Å²) in [5, 5.41) is 3.94. The van der Waals surface area contributed by atoms with Crippen LogP contribution in [0.5, 0.6) is 5.75 Å². The zero-order chi connectivity index (χ0) is 27.5. The van der Waals surface area contributed by atoms with Crippen molar-refractivity contribution in [3.63, 3.8) is 0 Å². The summed E-state index contributed by atoms with van der Waals surface area (Å²) in [5.41, 5.74) is 3.62. The van der Waals surface area contributed by atoms with Gasteiger partial charge in [-0.1, -0.05) is 30.3 Å². The third-order valence-electron chi connectivity index (χ3n) is 7.54. The number of carbonyl (C=O) groups is 2. The molecular formula is C29H22FN3O6S. The first kappa shape index (κ1) is 24.6. The van der Waals surface area contributed by atoms with Gasteiger partial charge in [-0.3, -0.25) is 19.3 Å². The maximum Gasteiger partial charge on any atom is 0.513 e. The number of halogens is 1. The standard InChI is InChI=1S/C29H22FN3O6S/c1-37-29(36)39-26-22(34)8-10-32-25(26)28(35)31-11-12-38-15-23(31)33(32)24-17-4-2-3-5-19(17)27-20(9-13-40-27)21-14-16(30)6-7-18(21)24/h2-10,13-14,23-24H,11-12,15H2,1H3. The molecule has 0 spiro atoms. The van der Waals surface area contributed by atoms with E-state index >= 15 is 0 Å². The number of nitrogens with zero attached hydrogens (tertiary/aromatic N) is 3. The number of amides is 1. The lowest BCUT2D eigenvalue weighted by molar-refractivity contribution is -0.0197. The monoisotopic (exact) mass is 559 g/mol. The summed E-state index contributed by atoms with van der Waals surface area (Å²) in [4.78, 5) is 41.5. The maximum atomic E-state index is 14.8. The molecule has 3 aliphatic rings. The van der Waals surface area contributed by atoms with Crippen LogP contribution in [0.3, 0.4) is 0 Å². The molecule has 2 aromatic carbocycles. The fourth-order valence-corrected chi connectivity index (χ4v) is 6.83. The van der Waals surface area contributed by atoms with Gasteiger partial charge >= 0.3 is 6.16 Å². The zero-order valence-corrected chi connectivity index (χ0v) is 22.0. The van der Waals surface area contributed by atoms with Crippen LogP contribution in [0.1, 0.15) is 27.7 Å². The molecule has 1 fully saturated rings. The van der Waals surface area contributed by atoms with Crippen molar-refractivity contribution in [2.75, 3.05) is 31.9 Å². The molecule has 11 heteroatoms. The quantitative estimate of drug-likeness (QED) is 0.337. The second-order valence-electron chi connectivity index (χ2n) is 9.58. The topological polar surface area (TPSA) is 90.3 Å². The van der Waals surface area contributed by atoms with Gasteiger partial charge in [0.1, 0.15) is 12.0 Å². The average molecular weight is 560 g/mol. The van der Waals surface area contributed by atoms with E-state index in [0.717, 1.165) is 39.8 Å². The number of aromatic nitrogens is 1. The van der Waals surface area contributed by atoms with Crippen LogP contribution in [0.25, 0.3) is 21.6 Å². The molecule has 1 saturated heterocycles. The smallest absolute Gasteiger partial charge is 0.437 e. The second-order valence-corrected chi connectivity index (χ2v) is 10.5. The molecule has 1 aliphatic carbocycles. The third-order valence-corrected chi connectivity index (χ3v) is 8.49. The van der Waals surface area contributed by atoms with Crippen molar-refractivity contribution in [2.45, 2.75) is 12.2 Å². The second kappa shape index (κ2) is 9.32. The summed E-state index contributed by atoms with van der Waals surface area (Å²) in [6, 6.07) is 15.3. The van der Waals surface area contributed by atoms with E-state index in [1.54, 1.807) is 27.0 Å². The molecule has 40 heavy (non-hydrogen) atoms. The molecule has 4 heterocycles. The molecule has 0 N–H and O–H groups in total. The number of rotatable bonds is 2. The largest absolute Gasteiger partial charge is 0.513 e. The van der Waals surface area contributed by atoms with Crippen LogP contribution < -0.4 is 15.2 Å². The minimum Gasteiger partial charge on any atom is -0.437 e. The molecule has 0 bridgehead atoms. The fourth-order valence-electron chi connectivity index (χ4n) is 5.87. The number of pyridine rings is 1. The molecule has 2 aromatic heterocycles. The lowest BCUT2D eigenvalue weighted by Crippen LogP contribution is -2.66. The van der Waals surface area contributed by atoms with Gasteiger partial charge in [-0.2, -0.15) is 0 Å². The van der Waals surface area contributed by atoms with Crippen LogP contribution >= 0.6 is 11.3 Å². The Bertz CT molecular complexity index is 1750. The molecule has 2 atom stereocenters. The Hall–Kier alpha value is -4.48. The van der Waals surface area contributed by atoms with Gasteiger partial charge in [0, 0.05) is 29.2 Å². The summed E-state index contributed by atoms with van der Waals surface area (Å²) in [6.07, 6.45) is -0.188. The van der Waals surface area contributed by atoms with Gasteiger partial charge in [-0.15, -0.1) is 11.3 Å². The van der Waals surface area contributed by atoms with E-state index in [-0.39, 0.29) is 24.7 Å². The van der Waals surface area contributed by atoms with Crippen LogP contribution in [-0.4, -0.2) is 54.7 Å². The van der Waals surface area contributed by atoms with Crippen molar-refractivity contribution in [3.8, 4) is 27.3 Å². The highest BCUT2D eigenvalue weighted by atomic mass is 32.1. The molecule has 7 rings (SSSR count). The number of morpholine rings is 1. The Morgan fingerprint density at radius 1 is 1.05 bits per heavy atom. The van der Waals surface area contributed by atoms with Crippen LogP contribution in [0.4, 0.5) is 9.18 Å². The van der Waals surface area contributed by atoms with E-state index in [1.165, 1.54) is 24.4 Å². The third kappa shape index (κ3) is 3.58. The van der Waals surface area contributed by atoms with Gasteiger partial charge < -0.3 is 19.1 Å². The zero-order valence-electron chi connectivity index (χ0n) is 21.2. The number of thiophene rings is 1. The van der Waals surface area contributed by atoms with Gasteiger partial charge in [0.15, 0.2) is 5.69 Å². The first-order valence-corrected chi connectivity index (χ1v) is 13.5. The normalized spacial score (nSPS) is 19.0. The Morgan fingerprint density at radius 2 is 1.88 bits per heavy atom. The molecule has 2 unspecified atom stereocenters. The first-order valence-electron chi connectivity index (χ1n) is 12.6. The number of hydrogen-bond acceptors (Lipinski definition) is 8. The van der Waals surface area contributed by atoms with E-state index in [1.807, 2.05) is 40.7 Å². The highest BCUT2D eigenvalue weighted by Crippen LogP contribution is 2.50. The Kier molecular flexibility index (Phi) is 5.72. The van der Waals surface area contributed by atoms with Gasteiger partial charge in [0.25, 0.3) is 5.91 Å². The van der Waals surface area contributed by atoms with Gasteiger partial charge in [-0.05, 0) is 45.8 Å². The molecule has 0 saturated carbocycles. The van der Waals surface area contributed by atoms with Crippen LogP contribution in [-0.2, 0) is 9.47 Å². The van der Waals surface area contributed by atoms with Crippen LogP contribution in [0, 0.1) is 5.82 Å². The molecule has 0 radical (unpaired) electrons. The van der Waals surface area contributed by atoms with E-state index in [9.17, 15) is 18.8 Å². The van der Waals surface area contributed by atoms with Crippen LogP contribution in [0.2, 0.25) is 0 Å². The van der Waals surface area contributed by atoms with Crippen molar-refractivity contribution in [1.29, 1.82) is 0 Å². The van der Waals surface area contributed by atoms with Crippen molar-refractivity contribution in [3.05, 3.63) is 99.0 Å². The van der Waals surface area contributed by atoms with Gasteiger partial charge in [-0.25, -0.2) is 9.18 Å². The molecule has 202 valence electrons. The predicted octanol–water partition coefficient (Wildman–Crippen LogP) is 4.38. The Morgan fingerprint density at radius 3 is 2.73 bits per heavy atom. The van der Waals surface area contributed by atoms with Crippen molar-refractivity contribution in [2.24, 2.45) is 0 Å². The SMILES string of the molecule is COC(=O)Oc1c2n(ccc1=O)N(C1c3ccc(F)cc3-c3ccsc3-c3ccccc31)C1COCCN1C2=O. The number of methoxy groups -OCH3 is 1. The van der Waals surface area contributed by atoms with E-state index in [2.05, 4.69) is 4.74 Å². The molecule has 9 nitrogen and oxygen atoms in total. The summed E-state index contributed by atoms with van der Waals surface area (Å²) >= 11 is 1.57. The summed E-state index contributed by atoms with van der Waals surface area (Å²) in [6.45, 7) is 0.765. The highest BCUT2D eigenvalue weighted by Gasteiger charge is 2.46. The van der Waals surface area contributed by atoms with Gasteiger partial charge in [0.2, 0.25) is 11.2 Å². The van der Waals surface area contributed by atoms with E-state index < -0.39 is 35.4 Å². The minimum atomic E-state index is -1.11. The number of fused-ring (bicyclic) bond motifs is 7. The highest BCUT2D eigenvalue weighted by molar-refractivity contribution is 7.14. The van der Waals surface area contributed by atoms with Crippen molar-refractivity contribution in [1.82, 2.24) is 9.58 Å². The van der Waals surface area contributed by atoms with Crippen molar-refractivity contribution < 1.29 is 28.2 Å². The van der Waals surface area contributed by atoms with Crippen LogP contribution in [0.15, 0.2) is 71.0 Å². The summed E-state index contributed by atoms with van der Waals surface area (Å²) < 4.78 is 32.1. The number of benzene rings is 2. The number of carbonyl (C=O) groups excluding carboxylic acids is 2. The van der Waals surface area contributed by atoms with Crippen molar-refractivity contribution >= 4 is 23.4 Å². The molecule has 4 aromatic rings. The van der Waals surface area contributed by atoms with E-state index in [4.69, 9.17) is 9.47 Å². The first-order chi connectivity index (χ1) is 19.5. The predicted molar refractivity (Wildman–Crippen MR) is 145 cm³/mol. The lowest BCUT2D eigenvalue weighted by atomic mass is 9.92. The number of hydrogen-bond donors (Lipinski definition) is 0. The molecule has 1 amide bonds. The Labute approximate surface area is 231 Å². The lowest BCUT2D eigenvalue weighted by Gasteiger charge is -2.51. The molecule has 2 aliphatic heterocycles. The summed E-state index contributed by atoms with van der Waals surface area (Å²) in [5.74, 6) is -1.26. The van der Waals surface area contributed by atoms with Gasteiger partial charge in [0.05, 0.1) is 26.4 Å².